The molecule has 1 heterocycles. The van der Waals surface area contributed by atoms with Crippen LogP contribution in [0, 0.1) is 0 Å². The summed E-state index contributed by atoms with van der Waals surface area (Å²) in [5.41, 5.74) is 1.11. The van der Waals surface area contributed by atoms with Gasteiger partial charge in [0.25, 0.3) is 10.0 Å². The van der Waals surface area contributed by atoms with Crippen molar-refractivity contribution < 1.29 is 8.42 Å². The van der Waals surface area contributed by atoms with Crippen molar-refractivity contribution in [2.24, 2.45) is 4.40 Å². The maximum absolute atomic E-state index is 11.7. The first kappa shape index (κ1) is 19.1. The Morgan fingerprint density at radius 1 is 1.09 bits per heavy atom. The molecule has 0 aliphatic carbocycles. The maximum atomic E-state index is 11.7. The molecule has 0 saturated carbocycles. The molecule has 2 rings (SSSR count). The fourth-order valence-corrected chi connectivity index (χ4v) is 3.54. The zero-order valence-corrected chi connectivity index (χ0v) is 15.1. The lowest BCUT2D eigenvalue weighted by Crippen LogP contribution is -2.52. The molecule has 1 aromatic carbocycles. The molecule has 4 nitrogen and oxygen atoms in total. The van der Waals surface area contributed by atoms with Gasteiger partial charge in [0, 0.05) is 0 Å². The number of benzene rings is 1. The number of rotatable bonds is 4. The van der Waals surface area contributed by atoms with E-state index in [1.807, 2.05) is 30.3 Å². The maximum Gasteiger partial charge on any atom is 0.250 e. The van der Waals surface area contributed by atoms with E-state index in [0.717, 1.165) is 37.8 Å². The SMILES string of the molecule is CC(C)(/C(=N/S(C)(=O)=O)c1ccccc1)N1CCCCC1.Cl. The number of hydrogen-bond donors (Lipinski definition) is 0. The zero-order valence-electron chi connectivity index (χ0n) is 13.4. The smallest absolute Gasteiger partial charge is 0.250 e. The van der Waals surface area contributed by atoms with Gasteiger partial charge in [-0.25, -0.2) is 8.42 Å². The molecule has 0 unspecified atom stereocenters. The van der Waals surface area contributed by atoms with Crippen molar-refractivity contribution in [3.63, 3.8) is 0 Å². The molecule has 1 aromatic rings. The molecule has 1 aliphatic heterocycles. The van der Waals surface area contributed by atoms with Crippen LogP contribution in [0.1, 0.15) is 38.7 Å². The number of sulfonamides is 1. The van der Waals surface area contributed by atoms with Crippen molar-refractivity contribution in [1.29, 1.82) is 0 Å². The number of likely N-dealkylation sites (tertiary alicyclic amines) is 1. The highest BCUT2D eigenvalue weighted by molar-refractivity contribution is 7.89. The van der Waals surface area contributed by atoms with Gasteiger partial charge in [-0.2, -0.15) is 4.40 Å². The Morgan fingerprint density at radius 3 is 2.14 bits per heavy atom. The Kier molecular flexibility index (Phi) is 6.59. The summed E-state index contributed by atoms with van der Waals surface area (Å²) in [5, 5.41) is 0. The first-order valence-electron chi connectivity index (χ1n) is 7.41. The Labute approximate surface area is 140 Å². The highest BCUT2D eigenvalue weighted by Gasteiger charge is 2.34. The lowest BCUT2D eigenvalue weighted by atomic mass is 9.89. The first-order valence-corrected chi connectivity index (χ1v) is 9.26. The van der Waals surface area contributed by atoms with E-state index in [0.29, 0.717) is 5.71 Å². The molecule has 0 bridgehead atoms. The molecule has 1 saturated heterocycles. The predicted octanol–water partition coefficient (Wildman–Crippen LogP) is 3.12. The standard InChI is InChI=1S/C16H24N2O2S.ClH/c1-16(2,18-12-8-5-9-13-18)15(17-21(3,19)20)14-10-6-4-7-11-14;/h4,6-7,10-11H,5,8-9,12-13H2,1-3H3;1H/b17-15+;. The van der Waals surface area contributed by atoms with Crippen molar-refractivity contribution in [3.8, 4) is 0 Å². The second-order valence-corrected chi connectivity index (χ2v) is 7.79. The number of nitrogens with zero attached hydrogens (tertiary/aromatic N) is 2. The Balaban J connectivity index is 0.00000242. The van der Waals surface area contributed by atoms with Gasteiger partial charge < -0.3 is 0 Å². The van der Waals surface area contributed by atoms with Crippen LogP contribution in [0.15, 0.2) is 34.7 Å². The van der Waals surface area contributed by atoms with Crippen molar-refractivity contribution >= 4 is 28.1 Å². The van der Waals surface area contributed by atoms with Gasteiger partial charge in [-0.1, -0.05) is 36.8 Å². The van der Waals surface area contributed by atoms with Gasteiger partial charge in [-0.3, -0.25) is 4.90 Å². The van der Waals surface area contributed by atoms with Crippen molar-refractivity contribution in [2.45, 2.75) is 38.6 Å². The molecule has 0 N–H and O–H groups in total. The minimum Gasteiger partial charge on any atom is -0.293 e. The lowest BCUT2D eigenvalue weighted by Gasteiger charge is -2.41. The average molecular weight is 345 g/mol. The van der Waals surface area contributed by atoms with E-state index in [-0.39, 0.29) is 12.4 Å². The third-order valence-corrected chi connectivity index (χ3v) is 4.54. The number of hydrogen-bond acceptors (Lipinski definition) is 3. The molecular formula is C16H25ClN2O2S. The van der Waals surface area contributed by atoms with Gasteiger partial charge in [-0.05, 0) is 45.3 Å². The molecule has 1 fully saturated rings. The van der Waals surface area contributed by atoms with E-state index >= 15 is 0 Å². The Morgan fingerprint density at radius 2 is 1.64 bits per heavy atom. The van der Waals surface area contributed by atoms with Gasteiger partial charge in [0.2, 0.25) is 0 Å². The molecule has 124 valence electrons. The van der Waals surface area contributed by atoms with Crippen molar-refractivity contribution in [1.82, 2.24) is 4.90 Å². The summed E-state index contributed by atoms with van der Waals surface area (Å²) >= 11 is 0. The van der Waals surface area contributed by atoms with E-state index in [2.05, 4.69) is 23.1 Å². The molecule has 0 atom stereocenters. The van der Waals surface area contributed by atoms with Crippen LogP contribution >= 0.6 is 12.4 Å². The van der Waals surface area contributed by atoms with Crippen LogP contribution in [0.3, 0.4) is 0 Å². The normalized spacial score (nSPS) is 17.9. The van der Waals surface area contributed by atoms with Gasteiger partial charge >= 0.3 is 0 Å². The summed E-state index contributed by atoms with van der Waals surface area (Å²) in [4.78, 5) is 2.34. The summed E-state index contributed by atoms with van der Waals surface area (Å²) in [5.74, 6) is 0. The quantitative estimate of drug-likeness (QED) is 0.788. The van der Waals surface area contributed by atoms with Crippen LogP contribution in [0.2, 0.25) is 0 Å². The predicted molar refractivity (Wildman–Crippen MR) is 94.6 cm³/mol. The van der Waals surface area contributed by atoms with E-state index in [4.69, 9.17) is 0 Å². The Hall–Kier alpha value is -0.910. The number of piperidine rings is 1. The first-order chi connectivity index (χ1) is 9.81. The van der Waals surface area contributed by atoms with Gasteiger partial charge in [0.15, 0.2) is 0 Å². The monoisotopic (exact) mass is 344 g/mol. The summed E-state index contributed by atoms with van der Waals surface area (Å²) in [6.07, 6.45) is 4.72. The minimum absolute atomic E-state index is 0. The summed E-state index contributed by atoms with van der Waals surface area (Å²) < 4.78 is 27.6. The molecule has 0 amide bonds. The second-order valence-electron chi connectivity index (χ2n) is 6.15. The lowest BCUT2D eigenvalue weighted by molar-refractivity contribution is 0.147. The molecule has 0 spiro atoms. The van der Waals surface area contributed by atoms with Crippen LogP contribution < -0.4 is 0 Å². The van der Waals surface area contributed by atoms with E-state index in [9.17, 15) is 8.42 Å². The molecule has 6 heteroatoms. The minimum atomic E-state index is -3.43. The molecule has 0 radical (unpaired) electrons. The van der Waals surface area contributed by atoms with Gasteiger partial charge in [0.05, 0.1) is 17.5 Å². The molecule has 0 aromatic heterocycles. The Bertz CT molecular complexity index is 606. The van der Waals surface area contributed by atoms with Gasteiger partial charge in [0.1, 0.15) is 0 Å². The van der Waals surface area contributed by atoms with E-state index in [1.165, 1.54) is 6.42 Å². The third kappa shape index (κ3) is 4.80. The molecular weight excluding hydrogens is 320 g/mol. The summed E-state index contributed by atoms with van der Waals surface area (Å²) in [6.45, 7) is 6.11. The van der Waals surface area contributed by atoms with Crippen LogP contribution in [0.25, 0.3) is 0 Å². The highest BCUT2D eigenvalue weighted by atomic mass is 35.5. The van der Waals surface area contributed by atoms with E-state index in [1.54, 1.807) is 0 Å². The molecule has 22 heavy (non-hydrogen) atoms. The third-order valence-electron chi connectivity index (χ3n) is 4.03. The number of halogens is 1. The van der Waals surface area contributed by atoms with Crippen molar-refractivity contribution in [3.05, 3.63) is 35.9 Å². The fraction of sp³-hybridized carbons (Fsp3) is 0.562. The van der Waals surface area contributed by atoms with E-state index < -0.39 is 15.6 Å². The average Bonchev–Trinajstić information content (AvgIpc) is 2.46. The molecule has 1 aliphatic rings. The summed E-state index contributed by atoms with van der Waals surface area (Å²) in [7, 11) is -3.43. The van der Waals surface area contributed by atoms with Gasteiger partial charge in [-0.15, -0.1) is 12.4 Å². The van der Waals surface area contributed by atoms with Crippen LogP contribution in [0.5, 0.6) is 0 Å². The summed E-state index contributed by atoms with van der Waals surface area (Å²) in [6, 6.07) is 9.61. The fourth-order valence-electron chi connectivity index (χ4n) is 2.88. The second kappa shape index (κ2) is 7.57. The zero-order chi connectivity index (χ0) is 15.5. The van der Waals surface area contributed by atoms with Crippen molar-refractivity contribution in [2.75, 3.05) is 19.3 Å². The topological polar surface area (TPSA) is 49.7 Å². The van der Waals surface area contributed by atoms with Crippen LogP contribution in [-0.2, 0) is 10.0 Å². The highest BCUT2D eigenvalue weighted by Crippen LogP contribution is 2.26. The van der Waals surface area contributed by atoms with Crippen LogP contribution in [-0.4, -0.2) is 43.9 Å². The largest absolute Gasteiger partial charge is 0.293 e. The van der Waals surface area contributed by atoms with Crippen LogP contribution in [0.4, 0.5) is 0 Å².